The van der Waals surface area contributed by atoms with E-state index >= 15 is 0 Å². The molecule has 7 nitrogen and oxygen atoms in total. The average Bonchev–Trinajstić information content (AvgIpc) is 2.92. The molecule has 0 aliphatic carbocycles. The molecule has 0 saturated carbocycles. The number of hydrogen-bond donors (Lipinski definition) is 2. The lowest BCUT2D eigenvalue weighted by molar-refractivity contribution is 0.0726. The summed E-state index contributed by atoms with van der Waals surface area (Å²) in [6.45, 7) is 3.59. The Morgan fingerprint density at radius 1 is 1.20 bits per heavy atom. The molecular formula is C17H17N5O2S. The van der Waals surface area contributed by atoms with Gasteiger partial charge < -0.3 is 10.5 Å². The van der Waals surface area contributed by atoms with Crippen LogP contribution in [0, 0.1) is 13.8 Å². The maximum atomic E-state index is 12.5. The molecule has 3 rings (SSSR count). The number of esters is 1. The molecule has 8 heteroatoms. The van der Waals surface area contributed by atoms with Gasteiger partial charge in [0.05, 0.1) is 11.3 Å². The van der Waals surface area contributed by atoms with Crippen molar-refractivity contribution in [2.75, 3.05) is 5.73 Å². The minimum Gasteiger partial charge on any atom is -0.404 e. The fourth-order valence-electron chi connectivity index (χ4n) is 2.36. The SMILES string of the molecule is Cc1cc(OC(=O)c2ccccc2CS)nc(-n2nc(C)cc2N)n1. The van der Waals surface area contributed by atoms with E-state index in [0.29, 0.717) is 22.8 Å². The number of aromatic nitrogens is 4. The van der Waals surface area contributed by atoms with Crippen LogP contribution in [0.1, 0.15) is 27.3 Å². The van der Waals surface area contributed by atoms with Crippen LogP contribution in [0.25, 0.3) is 5.95 Å². The second-order valence-corrected chi connectivity index (χ2v) is 5.79. The van der Waals surface area contributed by atoms with E-state index in [4.69, 9.17) is 10.5 Å². The fourth-order valence-corrected chi connectivity index (χ4v) is 2.63. The quantitative estimate of drug-likeness (QED) is 0.551. The first kappa shape index (κ1) is 17.0. The van der Waals surface area contributed by atoms with Crippen molar-refractivity contribution in [1.29, 1.82) is 0 Å². The number of carbonyl (C=O) groups is 1. The van der Waals surface area contributed by atoms with Crippen molar-refractivity contribution < 1.29 is 9.53 Å². The fraction of sp³-hybridized carbons (Fsp3) is 0.176. The van der Waals surface area contributed by atoms with Gasteiger partial charge in [0.2, 0.25) is 5.88 Å². The first-order valence-electron chi connectivity index (χ1n) is 7.57. The number of thiol groups is 1. The molecule has 0 spiro atoms. The summed E-state index contributed by atoms with van der Waals surface area (Å²) in [6.07, 6.45) is 0. The van der Waals surface area contributed by atoms with Crippen molar-refractivity contribution in [2.24, 2.45) is 0 Å². The third-order valence-corrected chi connectivity index (χ3v) is 3.81. The zero-order valence-electron chi connectivity index (χ0n) is 13.8. The highest BCUT2D eigenvalue weighted by atomic mass is 32.1. The molecule has 0 aliphatic rings. The van der Waals surface area contributed by atoms with E-state index < -0.39 is 5.97 Å². The summed E-state index contributed by atoms with van der Waals surface area (Å²) in [4.78, 5) is 21.0. The van der Waals surface area contributed by atoms with Gasteiger partial charge in [0.15, 0.2) is 0 Å². The molecular weight excluding hydrogens is 338 g/mol. The minimum absolute atomic E-state index is 0.133. The van der Waals surface area contributed by atoms with Gasteiger partial charge in [-0.15, -0.1) is 0 Å². The first-order chi connectivity index (χ1) is 12.0. The Morgan fingerprint density at radius 2 is 1.96 bits per heavy atom. The van der Waals surface area contributed by atoms with Gasteiger partial charge >= 0.3 is 5.97 Å². The number of aryl methyl sites for hydroxylation is 2. The van der Waals surface area contributed by atoms with Crippen LogP contribution in [0.3, 0.4) is 0 Å². The summed E-state index contributed by atoms with van der Waals surface area (Å²) in [5, 5.41) is 4.24. The monoisotopic (exact) mass is 355 g/mol. The van der Waals surface area contributed by atoms with Crippen molar-refractivity contribution in [3.63, 3.8) is 0 Å². The molecule has 0 atom stereocenters. The van der Waals surface area contributed by atoms with Gasteiger partial charge in [0, 0.05) is 23.6 Å². The van der Waals surface area contributed by atoms with E-state index in [9.17, 15) is 4.79 Å². The van der Waals surface area contributed by atoms with E-state index in [1.54, 1.807) is 31.2 Å². The number of nitrogens with zero attached hydrogens (tertiary/aromatic N) is 4. The van der Waals surface area contributed by atoms with Gasteiger partial charge in [-0.3, -0.25) is 0 Å². The Kier molecular flexibility index (Phi) is 4.71. The predicted molar refractivity (Wildman–Crippen MR) is 97.1 cm³/mol. The first-order valence-corrected chi connectivity index (χ1v) is 8.20. The van der Waals surface area contributed by atoms with Crippen molar-refractivity contribution in [2.45, 2.75) is 19.6 Å². The number of nitrogen functional groups attached to an aromatic ring is 1. The lowest BCUT2D eigenvalue weighted by atomic mass is 10.1. The Labute approximate surface area is 150 Å². The molecule has 0 aliphatic heterocycles. The van der Waals surface area contributed by atoms with E-state index in [-0.39, 0.29) is 11.8 Å². The number of nitrogens with two attached hydrogens (primary N) is 1. The number of carbonyl (C=O) groups excluding carboxylic acids is 1. The summed E-state index contributed by atoms with van der Waals surface area (Å²) in [6, 6.07) is 10.4. The zero-order valence-corrected chi connectivity index (χ0v) is 14.7. The lowest BCUT2D eigenvalue weighted by Gasteiger charge is -2.09. The van der Waals surface area contributed by atoms with Crippen LogP contribution in [0.15, 0.2) is 36.4 Å². The summed E-state index contributed by atoms with van der Waals surface area (Å²) in [5.74, 6) is 0.714. The van der Waals surface area contributed by atoms with Crippen molar-refractivity contribution in [3.8, 4) is 11.8 Å². The van der Waals surface area contributed by atoms with Crippen LogP contribution in [-0.4, -0.2) is 25.7 Å². The van der Waals surface area contributed by atoms with Crippen LogP contribution < -0.4 is 10.5 Å². The van der Waals surface area contributed by atoms with Gasteiger partial charge in [0.1, 0.15) is 5.82 Å². The molecule has 0 radical (unpaired) electrons. The Balaban J connectivity index is 1.93. The number of anilines is 1. The smallest absolute Gasteiger partial charge is 0.345 e. The zero-order chi connectivity index (χ0) is 18.0. The molecule has 128 valence electrons. The van der Waals surface area contributed by atoms with Gasteiger partial charge in [-0.1, -0.05) is 18.2 Å². The van der Waals surface area contributed by atoms with Crippen LogP contribution in [0.2, 0.25) is 0 Å². The molecule has 2 heterocycles. The molecule has 0 unspecified atom stereocenters. The van der Waals surface area contributed by atoms with E-state index in [2.05, 4.69) is 27.7 Å². The predicted octanol–water partition coefficient (Wildman–Crippen LogP) is 2.51. The second kappa shape index (κ2) is 6.94. The normalized spacial score (nSPS) is 10.7. The van der Waals surface area contributed by atoms with Crippen LogP contribution in [0.4, 0.5) is 5.82 Å². The largest absolute Gasteiger partial charge is 0.404 e. The highest BCUT2D eigenvalue weighted by molar-refractivity contribution is 7.79. The maximum Gasteiger partial charge on any atom is 0.345 e. The Bertz CT molecular complexity index is 939. The molecule has 0 fully saturated rings. The summed E-state index contributed by atoms with van der Waals surface area (Å²) in [5.41, 5.74) is 8.51. The summed E-state index contributed by atoms with van der Waals surface area (Å²) in [7, 11) is 0. The minimum atomic E-state index is -0.502. The third kappa shape index (κ3) is 3.63. The van der Waals surface area contributed by atoms with Crippen molar-refractivity contribution in [3.05, 3.63) is 58.9 Å². The number of ether oxygens (including phenoxy) is 1. The summed E-state index contributed by atoms with van der Waals surface area (Å²) < 4.78 is 6.83. The standard InChI is InChI=1S/C17H17N5O2S/c1-10-8-15(20-17(19-10)22-14(18)7-11(2)21-22)24-16(23)13-6-4-3-5-12(13)9-25/h3-8,25H,9,18H2,1-2H3. The average molecular weight is 355 g/mol. The Morgan fingerprint density at radius 3 is 2.64 bits per heavy atom. The molecule has 0 bridgehead atoms. The molecule has 0 saturated heterocycles. The topological polar surface area (TPSA) is 95.9 Å². The van der Waals surface area contributed by atoms with E-state index in [1.807, 2.05) is 19.1 Å². The Hall–Kier alpha value is -2.87. The lowest BCUT2D eigenvalue weighted by Crippen LogP contribution is -2.14. The molecule has 1 aromatic carbocycles. The van der Waals surface area contributed by atoms with Gasteiger partial charge in [0.25, 0.3) is 5.95 Å². The van der Waals surface area contributed by atoms with E-state index in [0.717, 1.165) is 11.3 Å². The maximum absolute atomic E-state index is 12.5. The van der Waals surface area contributed by atoms with Gasteiger partial charge in [-0.25, -0.2) is 9.78 Å². The van der Waals surface area contributed by atoms with Gasteiger partial charge in [-0.2, -0.15) is 27.4 Å². The van der Waals surface area contributed by atoms with Crippen molar-refractivity contribution >= 4 is 24.4 Å². The highest BCUT2D eigenvalue weighted by Gasteiger charge is 2.16. The highest BCUT2D eigenvalue weighted by Crippen LogP contribution is 2.18. The number of hydrogen-bond acceptors (Lipinski definition) is 7. The molecule has 0 amide bonds. The molecule has 2 N–H and O–H groups in total. The number of benzene rings is 1. The van der Waals surface area contributed by atoms with Gasteiger partial charge in [-0.05, 0) is 25.5 Å². The summed E-state index contributed by atoms with van der Waals surface area (Å²) >= 11 is 4.24. The van der Waals surface area contributed by atoms with Crippen LogP contribution >= 0.6 is 12.6 Å². The molecule has 2 aromatic heterocycles. The number of rotatable bonds is 4. The van der Waals surface area contributed by atoms with E-state index in [1.165, 1.54) is 4.68 Å². The van der Waals surface area contributed by atoms with Crippen LogP contribution in [0.5, 0.6) is 5.88 Å². The van der Waals surface area contributed by atoms with Crippen LogP contribution in [-0.2, 0) is 5.75 Å². The third-order valence-electron chi connectivity index (χ3n) is 3.47. The molecule has 3 aromatic rings. The van der Waals surface area contributed by atoms with Crippen molar-refractivity contribution in [1.82, 2.24) is 19.7 Å². The molecule has 25 heavy (non-hydrogen) atoms. The second-order valence-electron chi connectivity index (χ2n) is 5.47.